The fourth-order valence-electron chi connectivity index (χ4n) is 1.44. The van der Waals surface area contributed by atoms with Crippen LogP contribution in [0, 0.1) is 0 Å². The van der Waals surface area contributed by atoms with Crippen molar-refractivity contribution in [3.63, 3.8) is 0 Å². The quantitative estimate of drug-likeness (QED) is 0.721. The fourth-order valence-corrected chi connectivity index (χ4v) is 1.44. The monoisotopic (exact) mass is 266 g/mol. The van der Waals surface area contributed by atoms with Crippen LogP contribution in [0.1, 0.15) is 25.3 Å². The molecule has 0 atom stereocenters. The van der Waals surface area contributed by atoms with Gasteiger partial charge in [0.25, 0.3) is 0 Å². The van der Waals surface area contributed by atoms with Crippen LogP contribution < -0.4 is 4.74 Å². The first-order valence-electron chi connectivity index (χ1n) is 6.15. The Morgan fingerprint density at radius 1 is 1.26 bits per heavy atom. The number of hydrogen-bond donors (Lipinski definition) is 1. The summed E-state index contributed by atoms with van der Waals surface area (Å²) in [6.07, 6.45) is 0.186. The Bertz CT molecular complexity index is 428. The molecule has 0 aromatic heterocycles. The summed E-state index contributed by atoms with van der Waals surface area (Å²) in [7, 11) is 0. The standard InChI is InChI=1S/C14H18O5/c1-2-18-14(17)7-6-12(16)10-19-13-5-3-4-11(8-13)9-15/h3-5,8,15H,2,6-7,9-10H2,1H3. The van der Waals surface area contributed by atoms with E-state index in [0.717, 1.165) is 5.56 Å². The van der Waals surface area contributed by atoms with Crippen molar-refractivity contribution in [3.05, 3.63) is 29.8 Å². The Labute approximate surface area is 112 Å². The maximum Gasteiger partial charge on any atom is 0.306 e. The van der Waals surface area contributed by atoms with E-state index in [1.54, 1.807) is 31.2 Å². The molecule has 0 saturated carbocycles. The van der Waals surface area contributed by atoms with E-state index < -0.39 is 0 Å². The third-order valence-corrected chi connectivity index (χ3v) is 2.39. The third-order valence-electron chi connectivity index (χ3n) is 2.39. The van der Waals surface area contributed by atoms with Crippen molar-refractivity contribution in [2.75, 3.05) is 13.2 Å². The Morgan fingerprint density at radius 3 is 2.74 bits per heavy atom. The van der Waals surface area contributed by atoms with Gasteiger partial charge in [0.1, 0.15) is 12.4 Å². The number of ether oxygens (including phenoxy) is 2. The minimum absolute atomic E-state index is 0.0754. The summed E-state index contributed by atoms with van der Waals surface area (Å²) in [5.41, 5.74) is 0.719. The number of ketones is 1. The molecule has 1 aromatic carbocycles. The van der Waals surface area contributed by atoms with Crippen molar-refractivity contribution in [1.29, 1.82) is 0 Å². The van der Waals surface area contributed by atoms with Gasteiger partial charge in [0.15, 0.2) is 5.78 Å². The van der Waals surface area contributed by atoms with Gasteiger partial charge in [-0.2, -0.15) is 0 Å². The van der Waals surface area contributed by atoms with E-state index in [0.29, 0.717) is 12.4 Å². The molecule has 0 unspecified atom stereocenters. The van der Waals surface area contributed by atoms with Crippen LogP contribution in [-0.4, -0.2) is 30.1 Å². The van der Waals surface area contributed by atoms with E-state index in [1.165, 1.54) is 0 Å². The topological polar surface area (TPSA) is 72.8 Å². The third kappa shape index (κ3) is 6.01. The van der Waals surface area contributed by atoms with Crippen LogP contribution in [-0.2, 0) is 20.9 Å². The number of rotatable bonds is 8. The van der Waals surface area contributed by atoms with Gasteiger partial charge in [0.2, 0.25) is 0 Å². The molecule has 0 bridgehead atoms. The maximum absolute atomic E-state index is 11.5. The smallest absolute Gasteiger partial charge is 0.306 e. The highest BCUT2D eigenvalue weighted by molar-refractivity contribution is 5.84. The molecule has 0 aliphatic heterocycles. The van der Waals surface area contributed by atoms with Gasteiger partial charge in [-0.1, -0.05) is 12.1 Å². The number of esters is 1. The molecule has 0 fully saturated rings. The molecule has 104 valence electrons. The molecule has 0 radical (unpaired) electrons. The van der Waals surface area contributed by atoms with E-state index in [-0.39, 0.29) is 37.8 Å². The van der Waals surface area contributed by atoms with E-state index in [1.807, 2.05) is 0 Å². The van der Waals surface area contributed by atoms with E-state index in [9.17, 15) is 9.59 Å². The molecular weight excluding hydrogens is 248 g/mol. The summed E-state index contributed by atoms with van der Waals surface area (Å²) in [6, 6.07) is 6.87. The molecule has 0 amide bonds. The first-order chi connectivity index (χ1) is 9.15. The molecule has 1 rings (SSSR count). The van der Waals surface area contributed by atoms with Crippen molar-refractivity contribution < 1.29 is 24.2 Å². The number of aliphatic hydroxyl groups is 1. The predicted molar refractivity (Wildman–Crippen MR) is 68.7 cm³/mol. The zero-order chi connectivity index (χ0) is 14.1. The molecule has 0 aliphatic carbocycles. The lowest BCUT2D eigenvalue weighted by molar-refractivity contribution is -0.144. The maximum atomic E-state index is 11.5. The summed E-state index contributed by atoms with van der Waals surface area (Å²) in [4.78, 5) is 22.6. The van der Waals surface area contributed by atoms with Gasteiger partial charge in [-0.05, 0) is 24.6 Å². The minimum Gasteiger partial charge on any atom is -0.486 e. The van der Waals surface area contributed by atoms with Crippen molar-refractivity contribution in [1.82, 2.24) is 0 Å². The van der Waals surface area contributed by atoms with Crippen LogP contribution in [0.25, 0.3) is 0 Å². The van der Waals surface area contributed by atoms with Gasteiger partial charge in [-0.25, -0.2) is 0 Å². The normalized spacial score (nSPS) is 10.0. The number of carbonyl (C=O) groups is 2. The van der Waals surface area contributed by atoms with Gasteiger partial charge in [-0.15, -0.1) is 0 Å². The first kappa shape index (κ1) is 15.2. The molecule has 5 nitrogen and oxygen atoms in total. The number of carbonyl (C=O) groups excluding carboxylic acids is 2. The van der Waals surface area contributed by atoms with Gasteiger partial charge in [0.05, 0.1) is 19.6 Å². The second-order valence-electron chi connectivity index (χ2n) is 3.94. The zero-order valence-corrected chi connectivity index (χ0v) is 10.9. The van der Waals surface area contributed by atoms with Crippen LogP contribution in [0.3, 0.4) is 0 Å². The zero-order valence-electron chi connectivity index (χ0n) is 10.9. The molecule has 0 spiro atoms. The number of Topliss-reactive ketones (excluding diaryl/α,β-unsaturated/α-hetero) is 1. The molecule has 0 heterocycles. The number of hydrogen-bond acceptors (Lipinski definition) is 5. The van der Waals surface area contributed by atoms with Crippen molar-refractivity contribution in [2.45, 2.75) is 26.4 Å². The van der Waals surface area contributed by atoms with Crippen molar-refractivity contribution in [2.24, 2.45) is 0 Å². The van der Waals surface area contributed by atoms with Crippen molar-refractivity contribution in [3.8, 4) is 5.75 Å². The second-order valence-corrected chi connectivity index (χ2v) is 3.94. The molecule has 0 aliphatic rings. The van der Waals surface area contributed by atoms with Gasteiger partial charge in [-0.3, -0.25) is 9.59 Å². The Morgan fingerprint density at radius 2 is 2.05 bits per heavy atom. The van der Waals surface area contributed by atoms with Gasteiger partial charge >= 0.3 is 5.97 Å². The molecule has 19 heavy (non-hydrogen) atoms. The lowest BCUT2D eigenvalue weighted by atomic mass is 10.2. The first-order valence-corrected chi connectivity index (χ1v) is 6.15. The minimum atomic E-state index is -0.377. The molecular formula is C14H18O5. The fraction of sp³-hybridized carbons (Fsp3) is 0.429. The lowest BCUT2D eigenvalue weighted by Crippen LogP contribution is -2.14. The summed E-state index contributed by atoms with van der Waals surface area (Å²) in [5.74, 6) is -0.0170. The second kappa shape index (κ2) is 8.26. The molecule has 1 aromatic rings. The number of benzene rings is 1. The van der Waals surface area contributed by atoms with Crippen molar-refractivity contribution >= 4 is 11.8 Å². The molecule has 5 heteroatoms. The van der Waals surface area contributed by atoms with Gasteiger partial charge in [0, 0.05) is 6.42 Å². The SMILES string of the molecule is CCOC(=O)CCC(=O)COc1cccc(CO)c1. The number of aliphatic hydroxyl groups excluding tert-OH is 1. The predicted octanol–water partition coefficient (Wildman–Crippen LogP) is 1.47. The Kier molecular flexibility index (Phi) is 6.60. The van der Waals surface area contributed by atoms with E-state index >= 15 is 0 Å². The van der Waals surface area contributed by atoms with Crippen LogP contribution in [0.2, 0.25) is 0 Å². The lowest BCUT2D eigenvalue weighted by Gasteiger charge is -2.06. The summed E-state index contributed by atoms with van der Waals surface area (Å²) < 4.78 is 10.0. The van der Waals surface area contributed by atoms with E-state index in [2.05, 4.69) is 0 Å². The Balaban J connectivity index is 2.31. The average Bonchev–Trinajstić information content (AvgIpc) is 2.43. The van der Waals surface area contributed by atoms with Crippen LogP contribution in [0.4, 0.5) is 0 Å². The highest BCUT2D eigenvalue weighted by Crippen LogP contribution is 2.13. The summed E-state index contributed by atoms with van der Waals surface area (Å²) in [5, 5.41) is 8.96. The summed E-state index contributed by atoms with van der Waals surface area (Å²) in [6.45, 7) is 1.87. The average molecular weight is 266 g/mol. The van der Waals surface area contributed by atoms with Crippen LogP contribution >= 0.6 is 0 Å². The largest absolute Gasteiger partial charge is 0.486 e. The highest BCUT2D eigenvalue weighted by Gasteiger charge is 2.08. The van der Waals surface area contributed by atoms with Gasteiger partial charge < -0.3 is 14.6 Å². The highest BCUT2D eigenvalue weighted by atomic mass is 16.5. The molecule has 0 saturated heterocycles. The Hall–Kier alpha value is -1.88. The van der Waals surface area contributed by atoms with Crippen LogP contribution in [0.5, 0.6) is 5.75 Å². The van der Waals surface area contributed by atoms with E-state index in [4.69, 9.17) is 14.6 Å². The summed E-state index contributed by atoms with van der Waals surface area (Å²) >= 11 is 0. The van der Waals surface area contributed by atoms with Crippen LogP contribution in [0.15, 0.2) is 24.3 Å². The molecule has 1 N–H and O–H groups in total.